The van der Waals surface area contributed by atoms with E-state index in [1.54, 1.807) is 0 Å². The first-order chi connectivity index (χ1) is 7.97. The molecule has 0 unspecified atom stereocenters. The van der Waals surface area contributed by atoms with Crippen molar-refractivity contribution in [3.8, 4) is 0 Å². The average molecular weight is 231 g/mol. The Morgan fingerprint density at radius 2 is 1.71 bits per heavy atom. The number of nitrogens with two attached hydrogens (primary N) is 1. The number of hydrogen-bond acceptors (Lipinski definition) is 1. The number of benzene rings is 1. The van der Waals surface area contributed by atoms with Crippen molar-refractivity contribution in [3.63, 3.8) is 0 Å². The lowest BCUT2D eigenvalue weighted by atomic mass is 9.55. The maximum Gasteiger partial charge on any atom is 0.00812 e. The molecule has 1 aromatic rings. The van der Waals surface area contributed by atoms with Crippen molar-refractivity contribution in [1.29, 1.82) is 0 Å². The minimum Gasteiger partial charge on any atom is -0.330 e. The second kappa shape index (κ2) is 4.45. The fourth-order valence-electron chi connectivity index (χ4n) is 3.22. The van der Waals surface area contributed by atoms with Crippen molar-refractivity contribution in [2.24, 2.45) is 17.6 Å². The lowest BCUT2D eigenvalue weighted by Gasteiger charge is -2.50. The molecule has 1 aliphatic rings. The van der Waals surface area contributed by atoms with Crippen LogP contribution in [0.2, 0.25) is 0 Å². The monoisotopic (exact) mass is 231 g/mol. The first-order valence-corrected chi connectivity index (χ1v) is 6.76. The van der Waals surface area contributed by atoms with Gasteiger partial charge in [-0.05, 0) is 44.1 Å². The zero-order valence-corrected chi connectivity index (χ0v) is 11.6. The van der Waals surface area contributed by atoms with Gasteiger partial charge in [0.25, 0.3) is 0 Å². The zero-order chi connectivity index (χ0) is 12.6. The molecule has 0 amide bonds. The van der Waals surface area contributed by atoms with Crippen molar-refractivity contribution < 1.29 is 0 Å². The molecule has 1 nitrogen and oxygen atoms in total. The predicted molar refractivity (Wildman–Crippen MR) is 74.2 cm³/mol. The predicted octanol–water partition coefficient (Wildman–Crippen LogP) is 3.57. The maximum absolute atomic E-state index is 6.06. The van der Waals surface area contributed by atoms with Gasteiger partial charge < -0.3 is 5.73 Å². The van der Waals surface area contributed by atoms with Gasteiger partial charge in [0.1, 0.15) is 0 Å². The highest BCUT2D eigenvalue weighted by Crippen LogP contribution is 2.50. The topological polar surface area (TPSA) is 26.0 Å². The van der Waals surface area contributed by atoms with Crippen LogP contribution in [0.4, 0.5) is 0 Å². The summed E-state index contributed by atoms with van der Waals surface area (Å²) >= 11 is 0. The van der Waals surface area contributed by atoms with Crippen molar-refractivity contribution >= 4 is 0 Å². The quantitative estimate of drug-likeness (QED) is 0.845. The molecule has 1 fully saturated rings. The molecule has 2 rings (SSSR count). The van der Waals surface area contributed by atoms with Gasteiger partial charge in [0.2, 0.25) is 0 Å². The summed E-state index contributed by atoms with van der Waals surface area (Å²) in [5.41, 5.74) is 10.5. The van der Waals surface area contributed by atoms with E-state index in [1.807, 2.05) is 0 Å². The molecule has 2 N–H and O–H groups in total. The highest BCUT2D eigenvalue weighted by atomic mass is 14.6. The summed E-state index contributed by atoms with van der Waals surface area (Å²) < 4.78 is 0. The molecule has 0 radical (unpaired) electrons. The Kier molecular flexibility index (Phi) is 3.31. The van der Waals surface area contributed by atoms with Gasteiger partial charge in [-0.2, -0.15) is 0 Å². The molecule has 17 heavy (non-hydrogen) atoms. The van der Waals surface area contributed by atoms with E-state index in [0.29, 0.717) is 0 Å². The van der Waals surface area contributed by atoms with Crippen LogP contribution in [0.5, 0.6) is 0 Å². The number of rotatable bonds is 3. The Morgan fingerprint density at radius 1 is 1.18 bits per heavy atom. The average Bonchev–Trinajstić information content (AvgIpc) is 2.14. The van der Waals surface area contributed by atoms with Gasteiger partial charge in [-0.3, -0.25) is 0 Å². The van der Waals surface area contributed by atoms with Crippen molar-refractivity contribution in [1.82, 2.24) is 0 Å². The van der Waals surface area contributed by atoms with E-state index in [1.165, 1.54) is 29.5 Å². The van der Waals surface area contributed by atoms with E-state index in [-0.39, 0.29) is 5.41 Å². The third-order valence-electron chi connectivity index (χ3n) is 4.47. The summed E-state index contributed by atoms with van der Waals surface area (Å²) in [6.07, 6.45) is 2.54. The molecule has 1 saturated carbocycles. The molecule has 94 valence electrons. The van der Waals surface area contributed by atoms with Crippen LogP contribution in [0.3, 0.4) is 0 Å². The van der Waals surface area contributed by atoms with Crippen LogP contribution in [-0.4, -0.2) is 6.54 Å². The highest BCUT2D eigenvalue weighted by molar-refractivity contribution is 5.36. The second-order valence-corrected chi connectivity index (χ2v) is 6.27. The highest BCUT2D eigenvalue weighted by Gasteiger charge is 2.45. The summed E-state index contributed by atoms with van der Waals surface area (Å²) in [7, 11) is 0. The minimum absolute atomic E-state index is 0.270. The first-order valence-electron chi connectivity index (χ1n) is 6.76. The van der Waals surface area contributed by atoms with Crippen LogP contribution >= 0.6 is 0 Å². The maximum atomic E-state index is 6.06. The Morgan fingerprint density at radius 3 is 2.12 bits per heavy atom. The summed E-state index contributed by atoms with van der Waals surface area (Å²) in [6, 6.07) is 6.90. The summed E-state index contributed by atoms with van der Waals surface area (Å²) in [4.78, 5) is 0. The van der Waals surface area contributed by atoms with Crippen LogP contribution in [0, 0.1) is 25.7 Å². The Bertz CT molecular complexity index is 380. The van der Waals surface area contributed by atoms with Crippen LogP contribution in [0.1, 0.15) is 43.4 Å². The summed E-state index contributed by atoms with van der Waals surface area (Å²) in [5, 5.41) is 0. The smallest absolute Gasteiger partial charge is 0.00812 e. The number of aryl methyl sites for hydroxylation is 2. The van der Waals surface area contributed by atoms with E-state index in [0.717, 1.165) is 18.4 Å². The van der Waals surface area contributed by atoms with Gasteiger partial charge in [0, 0.05) is 12.0 Å². The SMILES string of the molecule is Cc1cc(C)cc(C2(CN)CC(C(C)C)C2)c1. The van der Waals surface area contributed by atoms with Gasteiger partial charge in [0.15, 0.2) is 0 Å². The van der Waals surface area contributed by atoms with Gasteiger partial charge in [0.05, 0.1) is 0 Å². The molecular weight excluding hydrogens is 206 g/mol. The van der Waals surface area contributed by atoms with Crippen LogP contribution in [-0.2, 0) is 5.41 Å². The molecule has 1 heteroatoms. The van der Waals surface area contributed by atoms with E-state index < -0.39 is 0 Å². The second-order valence-electron chi connectivity index (χ2n) is 6.27. The molecular formula is C16H25N. The fraction of sp³-hybridized carbons (Fsp3) is 0.625. The van der Waals surface area contributed by atoms with Crippen molar-refractivity contribution in [2.45, 2.75) is 46.0 Å². The van der Waals surface area contributed by atoms with E-state index in [4.69, 9.17) is 5.73 Å². The zero-order valence-electron chi connectivity index (χ0n) is 11.6. The van der Waals surface area contributed by atoms with E-state index in [9.17, 15) is 0 Å². The summed E-state index contributed by atoms with van der Waals surface area (Å²) in [6.45, 7) is 9.80. The molecule has 1 aromatic carbocycles. The Labute approximate surface area is 105 Å². The summed E-state index contributed by atoms with van der Waals surface area (Å²) in [5.74, 6) is 1.65. The molecule has 0 aromatic heterocycles. The third kappa shape index (κ3) is 2.26. The van der Waals surface area contributed by atoms with Crippen LogP contribution in [0.25, 0.3) is 0 Å². The number of hydrogen-bond donors (Lipinski definition) is 1. The normalized spacial score (nSPS) is 28.2. The van der Waals surface area contributed by atoms with Gasteiger partial charge in [-0.25, -0.2) is 0 Å². The Balaban J connectivity index is 2.25. The molecule has 0 heterocycles. The molecule has 0 bridgehead atoms. The van der Waals surface area contributed by atoms with Gasteiger partial charge >= 0.3 is 0 Å². The standard InChI is InChI=1S/C16H25N/c1-11(2)14-8-16(9-14,10-17)15-6-12(3)5-13(4)7-15/h5-7,11,14H,8-10,17H2,1-4H3. The lowest BCUT2D eigenvalue weighted by Crippen LogP contribution is -2.48. The molecule has 0 atom stereocenters. The fourth-order valence-corrected chi connectivity index (χ4v) is 3.22. The van der Waals surface area contributed by atoms with Crippen molar-refractivity contribution in [3.05, 3.63) is 34.9 Å². The van der Waals surface area contributed by atoms with Gasteiger partial charge in [-0.15, -0.1) is 0 Å². The van der Waals surface area contributed by atoms with Crippen molar-refractivity contribution in [2.75, 3.05) is 6.54 Å². The molecule has 1 aliphatic carbocycles. The molecule has 0 aliphatic heterocycles. The van der Waals surface area contributed by atoms with Gasteiger partial charge in [-0.1, -0.05) is 43.2 Å². The van der Waals surface area contributed by atoms with Crippen LogP contribution < -0.4 is 5.73 Å². The largest absolute Gasteiger partial charge is 0.330 e. The third-order valence-corrected chi connectivity index (χ3v) is 4.47. The Hall–Kier alpha value is -0.820. The van der Waals surface area contributed by atoms with Crippen LogP contribution in [0.15, 0.2) is 18.2 Å². The van der Waals surface area contributed by atoms with E-state index >= 15 is 0 Å². The molecule has 0 spiro atoms. The molecule has 0 saturated heterocycles. The minimum atomic E-state index is 0.270. The first kappa shape index (κ1) is 12.6. The lowest BCUT2D eigenvalue weighted by molar-refractivity contribution is 0.106. The van der Waals surface area contributed by atoms with E-state index in [2.05, 4.69) is 45.9 Å².